The van der Waals surface area contributed by atoms with Crippen LogP contribution in [0.1, 0.15) is 26.5 Å². The fourth-order valence-electron chi connectivity index (χ4n) is 1.71. The van der Waals surface area contributed by atoms with Gasteiger partial charge in [0.15, 0.2) is 5.82 Å². The van der Waals surface area contributed by atoms with E-state index in [-0.39, 0.29) is 21.8 Å². The molecule has 0 atom stereocenters. The second-order valence-corrected chi connectivity index (χ2v) is 8.27. The highest BCUT2D eigenvalue weighted by Crippen LogP contribution is 2.26. The zero-order valence-corrected chi connectivity index (χ0v) is 14.3. The largest absolute Gasteiger partial charge is 0.398 e. The van der Waals surface area contributed by atoms with Crippen LogP contribution in [0, 0.1) is 0 Å². The smallest absolute Gasteiger partial charge is 0.265 e. The third-order valence-electron chi connectivity index (χ3n) is 2.89. The van der Waals surface area contributed by atoms with Gasteiger partial charge in [-0.05, 0) is 18.2 Å². The SMILES string of the molecule is CC(C)(C)c1cc(NS(=O)(=O)c2ccc(Br)cc2N)n[nH]1. The monoisotopic (exact) mass is 372 g/mol. The van der Waals surface area contributed by atoms with Crippen LogP contribution in [0.15, 0.2) is 33.6 Å². The molecular formula is C13H17BrN4O2S. The van der Waals surface area contributed by atoms with Crippen LogP contribution in [0.2, 0.25) is 0 Å². The molecule has 1 aromatic carbocycles. The number of hydrogen-bond donors (Lipinski definition) is 3. The maximum Gasteiger partial charge on any atom is 0.265 e. The number of hydrogen-bond acceptors (Lipinski definition) is 4. The second-order valence-electron chi connectivity index (χ2n) is 5.70. The quantitative estimate of drug-likeness (QED) is 0.720. The van der Waals surface area contributed by atoms with Crippen molar-refractivity contribution in [2.75, 3.05) is 10.5 Å². The normalized spacial score (nSPS) is 12.4. The number of nitrogens with one attached hydrogen (secondary N) is 2. The van der Waals surface area contributed by atoms with E-state index in [4.69, 9.17) is 5.73 Å². The lowest BCUT2D eigenvalue weighted by molar-refractivity contribution is 0.567. The van der Waals surface area contributed by atoms with Gasteiger partial charge in [0, 0.05) is 21.6 Å². The average molecular weight is 373 g/mol. The van der Waals surface area contributed by atoms with E-state index >= 15 is 0 Å². The molecule has 8 heteroatoms. The van der Waals surface area contributed by atoms with Crippen LogP contribution >= 0.6 is 15.9 Å². The van der Waals surface area contributed by atoms with E-state index in [0.29, 0.717) is 4.47 Å². The van der Waals surface area contributed by atoms with Gasteiger partial charge in [-0.3, -0.25) is 9.82 Å². The van der Waals surface area contributed by atoms with Crippen LogP contribution < -0.4 is 10.5 Å². The maximum absolute atomic E-state index is 12.3. The molecule has 2 aromatic rings. The van der Waals surface area contributed by atoms with Crippen molar-refractivity contribution in [3.63, 3.8) is 0 Å². The highest BCUT2D eigenvalue weighted by Gasteiger charge is 2.21. The number of benzene rings is 1. The summed E-state index contributed by atoms with van der Waals surface area (Å²) in [4.78, 5) is 0.0195. The van der Waals surface area contributed by atoms with Crippen LogP contribution in [0.5, 0.6) is 0 Å². The molecule has 2 rings (SSSR count). The fraction of sp³-hybridized carbons (Fsp3) is 0.308. The number of sulfonamides is 1. The first-order valence-electron chi connectivity index (χ1n) is 6.23. The maximum atomic E-state index is 12.3. The number of aromatic nitrogens is 2. The number of nitrogen functional groups attached to an aromatic ring is 1. The van der Waals surface area contributed by atoms with Gasteiger partial charge in [-0.1, -0.05) is 36.7 Å². The predicted octanol–water partition coefficient (Wildman–Crippen LogP) is 2.85. The van der Waals surface area contributed by atoms with Crippen molar-refractivity contribution in [2.45, 2.75) is 31.1 Å². The molecular weight excluding hydrogens is 356 g/mol. The average Bonchev–Trinajstić information content (AvgIpc) is 2.75. The Kier molecular flexibility index (Phi) is 4.03. The van der Waals surface area contributed by atoms with Gasteiger partial charge in [-0.25, -0.2) is 8.42 Å². The van der Waals surface area contributed by atoms with Crippen molar-refractivity contribution in [2.24, 2.45) is 0 Å². The lowest BCUT2D eigenvalue weighted by Gasteiger charge is -2.14. The van der Waals surface area contributed by atoms with Gasteiger partial charge in [-0.2, -0.15) is 5.10 Å². The third-order valence-corrected chi connectivity index (χ3v) is 4.81. The molecule has 0 unspecified atom stereocenters. The Labute approximate surface area is 132 Å². The lowest BCUT2D eigenvalue weighted by Crippen LogP contribution is -2.15. The summed E-state index contributed by atoms with van der Waals surface area (Å²) >= 11 is 3.24. The van der Waals surface area contributed by atoms with Gasteiger partial charge >= 0.3 is 0 Å². The number of nitrogens with zero attached hydrogens (tertiary/aromatic N) is 1. The van der Waals surface area contributed by atoms with E-state index in [9.17, 15) is 8.42 Å². The number of halogens is 1. The summed E-state index contributed by atoms with van der Waals surface area (Å²) in [7, 11) is -3.77. The minimum absolute atomic E-state index is 0.0195. The molecule has 0 aliphatic rings. The number of nitrogens with two attached hydrogens (primary N) is 1. The molecule has 0 fully saturated rings. The van der Waals surface area contributed by atoms with Crippen LogP contribution in [-0.2, 0) is 15.4 Å². The van der Waals surface area contributed by atoms with Crippen molar-refractivity contribution >= 4 is 37.5 Å². The second kappa shape index (κ2) is 5.34. The molecule has 0 bridgehead atoms. The molecule has 0 radical (unpaired) electrons. The summed E-state index contributed by atoms with van der Waals surface area (Å²) in [6, 6.07) is 6.28. The van der Waals surface area contributed by atoms with E-state index < -0.39 is 10.0 Å². The van der Waals surface area contributed by atoms with E-state index in [1.165, 1.54) is 6.07 Å². The summed E-state index contributed by atoms with van der Waals surface area (Å²) in [5.41, 5.74) is 6.62. The summed E-state index contributed by atoms with van der Waals surface area (Å²) in [6.45, 7) is 6.02. The predicted molar refractivity (Wildman–Crippen MR) is 86.7 cm³/mol. The zero-order chi connectivity index (χ0) is 15.8. The molecule has 0 saturated carbocycles. The standard InChI is InChI=1S/C13H17BrN4O2S/c1-13(2,3)11-7-12(17-16-11)18-21(19,20)10-5-4-8(14)6-9(10)15/h4-7H,15H2,1-3H3,(H2,16,17,18). The first-order chi connectivity index (χ1) is 9.59. The molecule has 4 N–H and O–H groups in total. The summed E-state index contributed by atoms with van der Waals surface area (Å²) in [5.74, 6) is 0.238. The van der Waals surface area contributed by atoms with Gasteiger partial charge in [0.1, 0.15) is 4.90 Å². The molecule has 0 saturated heterocycles. The van der Waals surface area contributed by atoms with Crippen LogP contribution in [0.25, 0.3) is 0 Å². The van der Waals surface area contributed by atoms with Crippen LogP contribution in [-0.4, -0.2) is 18.6 Å². The molecule has 0 spiro atoms. The van der Waals surface area contributed by atoms with Gasteiger partial charge in [0.05, 0.1) is 5.69 Å². The minimum Gasteiger partial charge on any atom is -0.398 e. The van der Waals surface area contributed by atoms with Gasteiger partial charge in [0.25, 0.3) is 10.0 Å². The molecule has 21 heavy (non-hydrogen) atoms. The van der Waals surface area contributed by atoms with Crippen molar-refractivity contribution in [3.05, 3.63) is 34.4 Å². The Hall–Kier alpha value is -1.54. The number of aromatic amines is 1. The Morgan fingerprint density at radius 3 is 2.48 bits per heavy atom. The van der Waals surface area contributed by atoms with E-state index in [0.717, 1.165) is 5.69 Å². The molecule has 0 amide bonds. The van der Waals surface area contributed by atoms with E-state index in [1.54, 1.807) is 18.2 Å². The Balaban J connectivity index is 2.31. The van der Waals surface area contributed by atoms with E-state index in [1.807, 2.05) is 20.8 Å². The summed E-state index contributed by atoms with van der Waals surface area (Å²) in [6.07, 6.45) is 0. The number of anilines is 2. The van der Waals surface area contributed by atoms with Crippen LogP contribution in [0.4, 0.5) is 11.5 Å². The highest BCUT2D eigenvalue weighted by atomic mass is 79.9. The summed E-state index contributed by atoms with van der Waals surface area (Å²) in [5, 5.41) is 6.80. The van der Waals surface area contributed by atoms with Crippen molar-refractivity contribution in [1.29, 1.82) is 0 Å². The van der Waals surface area contributed by atoms with Crippen molar-refractivity contribution in [1.82, 2.24) is 10.2 Å². The first kappa shape index (κ1) is 15.8. The Morgan fingerprint density at radius 2 is 1.95 bits per heavy atom. The Bertz CT molecular complexity index is 763. The van der Waals surface area contributed by atoms with Crippen molar-refractivity contribution < 1.29 is 8.42 Å². The molecule has 6 nitrogen and oxygen atoms in total. The molecule has 0 aliphatic heterocycles. The Morgan fingerprint density at radius 1 is 1.29 bits per heavy atom. The topological polar surface area (TPSA) is 101 Å². The van der Waals surface area contributed by atoms with Gasteiger partial charge < -0.3 is 5.73 Å². The highest BCUT2D eigenvalue weighted by molar-refractivity contribution is 9.10. The number of H-pyrrole nitrogens is 1. The zero-order valence-electron chi connectivity index (χ0n) is 11.9. The van der Waals surface area contributed by atoms with Gasteiger partial charge in [-0.15, -0.1) is 0 Å². The lowest BCUT2D eigenvalue weighted by atomic mass is 9.92. The first-order valence-corrected chi connectivity index (χ1v) is 8.51. The molecule has 1 aromatic heterocycles. The van der Waals surface area contributed by atoms with Crippen LogP contribution in [0.3, 0.4) is 0 Å². The van der Waals surface area contributed by atoms with Crippen molar-refractivity contribution in [3.8, 4) is 0 Å². The van der Waals surface area contributed by atoms with E-state index in [2.05, 4.69) is 30.8 Å². The number of rotatable bonds is 3. The molecule has 0 aliphatic carbocycles. The fourth-order valence-corrected chi connectivity index (χ4v) is 3.20. The summed E-state index contributed by atoms with van der Waals surface area (Å²) < 4.78 is 27.8. The third kappa shape index (κ3) is 3.56. The molecule has 1 heterocycles. The molecule has 114 valence electrons. The van der Waals surface area contributed by atoms with Gasteiger partial charge in [0.2, 0.25) is 0 Å². The minimum atomic E-state index is -3.77.